The smallest absolute Gasteiger partial charge is 0.00614 e. The van der Waals surface area contributed by atoms with Crippen LogP contribution in [0.15, 0.2) is 0 Å². The summed E-state index contributed by atoms with van der Waals surface area (Å²) in [5.41, 5.74) is 0. The first-order chi connectivity index (χ1) is 5.93. The van der Waals surface area contributed by atoms with Gasteiger partial charge in [0, 0.05) is 18.1 Å². The molecule has 0 heterocycles. The molecule has 1 N–H and O–H groups in total. The van der Waals surface area contributed by atoms with Gasteiger partial charge >= 0.3 is 0 Å². The van der Waals surface area contributed by atoms with E-state index in [-0.39, 0.29) is 0 Å². The second-order valence-corrected chi connectivity index (χ2v) is 4.61. The predicted molar refractivity (Wildman–Crippen MR) is 60.1 cm³/mol. The fourth-order valence-corrected chi connectivity index (χ4v) is 1.40. The molecule has 0 amide bonds. The Bertz CT molecular complexity index is 121. The lowest BCUT2D eigenvalue weighted by molar-refractivity contribution is 0.282. The van der Waals surface area contributed by atoms with Crippen molar-refractivity contribution in [2.75, 3.05) is 14.1 Å². The molecule has 0 aliphatic heterocycles. The van der Waals surface area contributed by atoms with Crippen LogP contribution in [-0.4, -0.2) is 37.1 Å². The number of nitrogens with zero attached hydrogens (tertiary/aromatic N) is 1. The van der Waals surface area contributed by atoms with Gasteiger partial charge in [0.05, 0.1) is 0 Å². The summed E-state index contributed by atoms with van der Waals surface area (Å²) in [6, 6.07) is 1.93. The zero-order chi connectivity index (χ0) is 10.4. The summed E-state index contributed by atoms with van der Waals surface area (Å²) in [5, 5.41) is 3.52. The summed E-state index contributed by atoms with van der Waals surface area (Å²) in [6.45, 7) is 8.95. The Labute approximate surface area is 83.7 Å². The Morgan fingerprint density at radius 2 is 1.54 bits per heavy atom. The highest BCUT2D eigenvalue weighted by molar-refractivity contribution is 4.68. The second-order valence-electron chi connectivity index (χ2n) is 4.61. The lowest BCUT2D eigenvalue weighted by Gasteiger charge is -2.23. The largest absolute Gasteiger partial charge is 0.312 e. The van der Waals surface area contributed by atoms with Gasteiger partial charge in [-0.3, -0.25) is 0 Å². The van der Waals surface area contributed by atoms with Crippen LogP contribution in [0, 0.1) is 0 Å². The highest BCUT2D eigenvalue weighted by Gasteiger charge is 2.08. The van der Waals surface area contributed by atoms with Gasteiger partial charge in [-0.25, -0.2) is 0 Å². The zero-order valence-corrected chi connectivity index (χ0v) is 10.1. The van der Waals surface area contributed by atoms with Crippen molar-refractivity contribution in [2.24, 2.45) is 0 Å². The van der Waals surface area contributed by atoms with Crippen LogP contribution in [-0.2, 0) is 0 Å². The molecule has 13 heavy (non-hydrogen) atoms. The van der Waals surface area contributed by atoms with Crippen molar-refractivity contribution in [1.29, 1.82) is 0 Å². The van der Waals surface area contributed by atoms with E-state index in [2.05, 4.69) is 52.0 Å². The van der Waals surface area contributed by atoms with E-state index in [4.69, 9.17) is 0 Å². The molecule has 2 heteroatoms. The standard InChI is InChI=1S/C11H26N2/c1-9(2)12-10(3)7-8-11(4)13(5)6/h9-12H,7-8H2,1-6H3. The third-order valence-electron chi connectivity index (χ3n) is 2.52. The molecular weight excluding hydrogens is 160 g/mol. The number of hydrogen-bond acceptors (Lipinski definition) is 2. The molecule has 2 unspecified atom stereocenters. The van der Waals surface area contributed by atoms with Crippen molar-refractivity contribution in [3.63, 3.8) is 0 Å². The first-order valence-electron chi connectivity index (χ1n) is 5.36. The van der Waals surface area contributed by atoms with Crippen LogP contribution in [0.5, 0.6) is 0 Å². The van der Waals surface area contributed by atoms with Crippen LogP contribution in [0.4, 0.5) is 0 Å². The number of rotatable bonds is 6. The van der Waals surface area contributed by atoms with Gasteiger partial charge < -0.3 is 10.2 Å². The molecule has 0 radical (unpaired) electrons. The van der Waals surface area contributed by atoms with Gasteiger partial charge in [0.2, 0.25) is 0 Å². The van der Waals surface area contributed by atoms with Crippen molar-refractivity contribution >= 4 is 0 Å². The van der Waals surface area contributed by atoms with Gasteiger partial charge in [-0.05, 0) is 40.8 Å². The second kappa shape index (κ2) is 6.39. The molecule has 0 aliphatic carbocycles. The highest BCUT2D eigenvalue weighted by atomic mass is 15.1. The molecule has 0 aliphatic rings. The minimum Gasteiger partial charge on any atom is -0.312 e. The average Bonchev–Trinajstić information content (AvgIpc) is 1.98. The molecule has 0 bridgehead atoms. The molecule has 0 saturated heterocycles. The third kappa shape index (κ3) is 7.03. The third-order valence-corrected chi connectivity index (χ3v) is 2.52. The number of nitrogens with one attached hydrogen (secondary N) is 1. The molecule has 80 valence electrons. The van der Waals surface area contributed by atoms with E-state index in [0.717, 1.165) is 0 Å². The van der Waals surface area contributed by atoms with E-state index in [1.807, 2.05) is 0 Å². The summed E-state index contributed by atoms with van der Waals surface area (Å²) >= 11 is 0. The van der Waals surface area contributed by atoms with Gasteiger partial charge in [0.15, 0.2) is 0 Å². The van der Waals surface area contributed by atoms with Crippen LogP contribution < -0.4 is 5.32 Å². The monoisotopic (exact) mass is 186 g/mol. The molecule has 0 spiro atoms. The summed E-state index contributed by atoms with van der Waals surface area (Å²) in [4.78, 5) is 2.28. The maximum atomic E-state index is 3.52. The molecule has 0 fully saturated rings. The summed E-state index contributed by atoms with van der Waals surface area (Å²) in [6.07, 6.45) is 2.53. The predicted octanol–water partition coefficient (Wildman–Crippen LogP) is 2.10. The molecule has 0 aromatic rings. The minimum absolute atomic E-state index is 0.602. The maximum absolute atomic E-state index is 3.52. The van der Waals surface area contributed by atoms with E-state index in [1.165, 1.54) is 12.8 Å². The summed E-state index contributed by atoms with van der Waals surface area (Å²) in [5.74, 6) is 0. The fraction of sp³-hybridized carbons (Fsp3) is 1.00. The quantitative estimate of drug-likeness (QED) is 0.683. The van der Waals surface area contributed by atoms with Crippen LogP contribution >= 0.6 is 0 Å². The lowest BCUT2D eigenvalue weighted by Crippen LogP contribution is -2.34. The molecule has 0 aromatic heterocycles. The topological polar surface area (TPSA) is 15.3 Å². The van der Waals surface area contributed by atoms with Gasteiger partial charge in [0.1, 0.15) is 0 Å². The maximum Gasteiger partial charge on any atom is 0.00614 e. The van der Waals surface area contributed by atoms with Crippen molar-refractivity contribution in [1.82, 2.24) is 10.2 Å². The van der Waals surface area contributed by atoms with Crippen molar-refractivity contribution < 1.29 is 0 Å². The van der Waals surface area contributed by atoms with Crippen molar-refractivity contribution in [2.45, 2.75) is 58.7 Å². The van der Waals surface area contributed by atoms with Gasteiger partial charge in [-0.1, -0.05) is 13.8 Å². The van der Waals surface area contributed by atoms with Gasteiger partial charge in [0.25, 0.3) is 0 Å². The zero-order valence-electron chi connectivity index (χ0n) is 10.1. The summed E-state index contributed by atoms with van der Waals surface area (Å²) < 4.78 is 0. The Kier molecular flexibility index (Phi) is 6.35. The molecule has 0 saturated carbocycles. The molecule has 0 rings (SSSR count). The van der Waals surface area contributed by atoms with E-state index in [9.17, 15) is 0 Å². The Morgan fingerprint density at radius 3 is 1.92 bits per heavy atom. The Morgan fingerprint density at radius 1 is 1.00 bits per heavy atom. The lowest BCUT2D eigenvalue weighted by atomic mass is 10.1. The Hall–Kier alpha value is -0.0800. The minimum atomic E-state index is 0.602. The van der Waals surface area contributed by atoms with Crippen LogP contribution in [0.1, 0.15) is 40.5 Å². The SMILES string of the molecule is CC(C)NC(C)CCC(C)N(C)C. The van der Waals surface area contributed by atoms with Gasteiger partial charge in [-0.15, -0.1) is 0 Å². The average molecular weight is 186 g/mol. The van der Waals surface area contributed by atoms with Crippen molar-refractivity contribution in [3.05, 3.63) is 0 Å². The van der Waals surface area contributed by atoms with Crippen molar-refractivity contribution in [3.8, 4) is 0 Å². The Balaban J connectivity index is 3.51. The molecular formula is C11H26N2. The molecule has 2 atom stereocenters. The highest BCUT2D eigenvalue weighted by Crippen LogP contribution is 2.05. The molecule has 2 nitrogen and oxygen atoms in total. The van der Waals surface area contributed by atoms with Crippen LogP contribution in [0.25, 0.3) is 0 Å². The van der Waals surface area contributed by atoms with E-state index < -0.39 is 0 Å². The number of hydrogen-bond donors (Lipinski definition) is 1. The van der Waals surface area contributed by atoms with Crippen LogP contribution in [0.3, 0.4) is 0 Å². The summed E-state index contributed by atoms with van der Waals surface area (Å²) in [7, 11) is 4.29. The van der Waals surface area contributed by atoms with Gasteiger partial charge in [-0.2, -0.15) is 0 Å². The molecule has 0 aromatic carbocycles. The normalized spacial score (nSPS) is 16.6. The van der Waals surface area contributed by atoms with E-state index in [1.54, 1.807) is 0 Å². The van der Waals surface area contributed by atoms with E-state index >= 15 is 0 Å². The van der Waals surface area contributed by atoms with Crippen LogP contribution in [0.2, 0.25) is 0 Å². The first-order valence-corrected chi connectivity index (χ1v) is 5.36. The van der Waals surface area contributed by atoms with E-state index in [0.29, 0.717) is 18.1 Å². The first kappa shape index (κ1) is 12.9. The fourth-order valence-electron chi connectivity index (χ4n) is 1.40.